The van der Waals surface area contributed by atoms with Gasteiger partial charge in [0.05, 0.1) is 26.9 Å². The van der Waals surface area contributed by atoms with Crippen LogP contribution in [0.25, 0.3) is 0 Å². The number of methoxy groups -OCH3 is 1. The highest BCUT2D eigenvalue weighted by atomic mass is 16.5. The predicted molar refractivity (Wildman–Crippen MR) is 99.7 cm³/mol. The van der Waals surface area contributed by atoms with Gasteiger partial charge < -0.3 is 9.64 Å². The molecule has 0 amide bonds. The van der Waals surface area contributed by atoms with Crippen LogP contribution < -0.4 is 19.6 Å². The minimum atomic E-state index is 0.943. The van der Waals surface area contributed by atoms with Crippen LogP contribution in [0.4, 0.5) is 11.4 Å². The number of hydrogen-bond donors (Lipinski definition) is 1. The third-order valence-corrected chi connectivity index (χ3v) is 5.28. The Morgan fingerprint density at radius 3 is 2.80 bits per heavy atom. The van der Waals surface area contributed by atoms with E-state index in [0.29, 0.717) is 0 Å². The highest BCUT2D eigenvalue weighted by Gasteiger charge is 2.28. The number of nitrogens with zero attached hydrogens (tertiary/aromatic N) is 4. The third kappa shape index (κ3) is 2.75. The third-order valence-electron chi connectivity index (χ3n) is 5.28. The maximum atomic E-state index is 5.78. The molecule has 2 aliphatic rings. The first kappa shape index (κ1) is 16.0. The van der Waals surface area contributed by atoms with Crippen LogP contribution in [0.3, 0.4) is 0 Å². The van der Waals surface area contributed by atoms with Crippen LogP contribution in [0.2, 0.25) is 0 Å². The number of aryl methyl sites for hydroxylation is 3. The van der Waals surface area contributed by atoms with Gasteiger partial charge in [0.2, 0.25) is 0 Å². The molecule has 0 saturated carbocycles. The van der Waals surface area contributed by atoms with Gasteiger partial charge in [-0.15, -0.1) is 0 Å². The van der Waals surface area contributed by atoms with E-state index in [9.17, 15) is 0 Å². The van der Waals surface area contributed by atoms with E-state index in [1.165, 1.54) is 29.7 Å². The molecule has 0 spiro atoms. The number of aromatic nitrogens is 2. The van der Waals surface area contributed by atoms with Crippen LogP contribution in [0, 0.1) is 0 Å². The zero-order valence-corrected chi connectivity index (χ0v) is 15.2. The normalized spacial score (nSPS) is 16.2. The van der Waals surface area contributed by atoms with Gasteiger partial charge in [0.15, 0.2) is 0 Å². The largest absolute Gasteiger partial charge is 0.494 e. The van der Waals surface area contributed by atoms with Gasteiger partial charge in [-0.05, 0) is 37.3 Å². The maximum absolute atomic E-state index is 5.78. The molecule has 1 aromatic carbocycles. The fourth-order valence-electron chi connectivity index (χ4n) is 4.09. The Labute approximate surface area is 148 Å². The average molecular weight is 340 g/mol. The lowest BCUT2D eigenvalue weighted by Crippen LogP contribution is -2.34. The first-order valence-electron chi connectivity index (χ1n) is 8.96. The summed E-state index contributed by atoms with van der Waals surface area (Å²) in [6.45, 7) is 2.33. The van der Waals surface area contributed by atoms with Gasteiger partial charge in [-0.3, -0.25) is 5.43 Å². The number of benzene rings is 1. The lowest BCUT2D eigenvalue weighted by Gasteiger charge is -2.38. The Morgan fingerprint density at radius 2 is 2.08 bits per heavy atom. The van der Waals surface area contributed by atoms with Crippen molar-refractivity contribution < 1.29 is 9.30 Å². The Hall–Kier alpha value is -2.50. The molecule has 6 heteroatoms. The van der Waals surface area contributed by atoms with E-state index in [1.54, 1.807) is 7.11 Å². The number of hydrazone groups is 1. The molecule has 1 aromatic heterocycles. The molecular formula is C19H26N5O+. The van der Waals surface area contributed by atoms with Crippen molar-refractivity contribution in [2.24, 2.45) is 19.2 Å². The highest BCUT2D eigenvalue weighted by molar-refractivity contribution is 5.78. The van der Waals surface area contributed by atoms with Gasteiger partial charge in [-0.1, -0.05) is 0 Å². The Morgan fingerprint density at radius 1 is 1.28 bits per heavy atom. The Balaban J connectivity index is 1.68. The van der Waals surface area contributed by atoms with Crippen LogP contribution in [0.15, 0.2) is 23.6 Å². The molecule has 4 rings (SSSR count). The van der Waals surface area contributed by atoms with Crippen LogP contribution in [0.5, 0.6) is 5.75 Å². The van der Waals surface area contributed by atoms with Gasteiger partial charge >= 0.3 is 5.82 Å². The summed E-state index contributed by atoms with van der Waals surface area (Å²) < 4.78 is 9.85. The molecule has 0 fully saturated rings. The molecule has 132 valence electrons. The molecular weight excluding hydrogens is 314 g/mol. The van der Waals surface area contributed by atoms with Crippen molar-refractivity contribution in [3.63, 3.8) is 0 Å². The van der Waals surface area contributed by atoms with Crippen LogP contribution >= 0.6 is 0 Å². The SMILES string of the molecule is COc1c(N/N=C/c2n(C)cc[n+]2C)cc2c3c1CCCN3CCC2. The van der Waals surface area contributed by atoms with Gasteiger partial charge in [0.25, 0.3) is 0 Å². The molecule has 2 aliphatic heterocycles. The average Bonchev–Trinajstić information content (AvgIpc) is 2.94. The quantitative estimate of drug-likeness (QED) is 0.526. The first-order chi connectivity index (χ1) is 12.2. The molecule has 0 saturated heterocycles. The van der Waals surface area contributed by atoms with E-state index >= 15 is 0 Å². The first-order valence-corrected chi connectivity index (χ1v) is 8.96. The van der Waals surface area contributed by atoms with Gasteiger partial charge in [0.1, 0.15) is 24.4 Å². The van der Waals surface area contributed by atoms with Gasteiger partial charge in [-0.2, -0.15) is 5.10 Å². The number of imidazole rings is 1. The monoisotopic (exact) mass is 340 g/mol. The Kier molecular flexibility index (Phi) is 4.11. The summed E-state index contributed by atoms with van der Waals surface area (Å²) >= 11 is 0. The van der Waals surface area contributed by atoms with Crippen molar-refractivity contribution in [2.45, 2.75) is 25.7 Å². The molecule has 0 radical (unpaired) electrons. The van der Waals surface area contributed by atoms with Crippen molar-refractivity contribution in [1.82, 2.24) is 4.57 Å². The molecule has 0 unspecified atom stereocenters. The highest BCUT2D eigenvalue weighted by Crippen LogP contribution is 2.44. The van der Waals surface area contributed by atoms with E-state index in [0.717, 1.165) is 43.2 Å². The summed E-state index contributed by atoms with van der Waals surface area (Å²) in [5, 5.41) is 4.47. The van der Waals surface area contributed by atoms with Crippen molar-refractivity contribution in [3.8, 4) is 5.75 Å². The molecule has 2 aromatic rings. The lowest BCUT2D eigenvalue weighted by molar-refractivity contribution is -0.671. The topological polar surface area (TPSA) is 45.7 Å². The second kappa shape index (κ2) is 6.43. The van der Waals surface area contributed by atoms with Crippen molar-refractivity contribution in [1.29, 1.82) is 0 Å². The second-order valence-electron chi connectivity index (χ2n) is 6.89. The van der Waals surface area contributed by atoms with Crippen molar-refractivity contribution in [2.75, 3.05) is 30.5 Å². The Bertz CT molecular complexity index is 802. The number of anilines is 2. The molecule has 6 nitrogen and oxygen atoms in total. The minimum Gasteiger partial charge on any atom is -0.494 e. The molecule has 3 heterocycles. The van der Waals surface area contributed by atoms with Crippen molar-refractivity contribution in [3.05, 3.63) is 35.4 Å². The van der Waals surface area contributed by atoms with E-state index < -0.39 is 0 Å². The summed E-state index contributed by atoms with van der Waals surface area (Å²) in [5.41, 5.74) is 8.36. The standard InChI is InChI=1S/C19H25N5O/c1-22-10-11-23(2)17(22)13-20-21-16-12-14-6-4-8-24-9-5-7-15(18(14)24)19(16)25-3/h10-13H,4-9H2,1-3H3/p+1. The number of nitrogens with one attached hydrogen (secondary N) is 1. The molecule has 1 N–H and O–H groups in total. The number of rotatable bonds is 4. The van der Waals surface area contributed by atoms with E-state index in [-0.39, 0.29) is 0 Å². The molecule has 0 atom stereocenters. The predicted octanol–water partition coefficient (Wildman–Crippen LogP) is 2.00. The zero-order valence-electron chi connectivity index (χ0n) is 15.2. The van der Waals surface area contributed by atoms with Gasteiger partial charge in [0, 0.05) is 24.3 Å². The van der Waals surface area contributed by atoms with Crippen LogP contribution in [-0.4, -0.2) is 31.0 Å². The molecule has 0 bridgehead atoms. The van der Waals surface area contributed by atoms with E-state index in [4.69, 9.17) is 4.74 Å². The van der Waals surface area contributed by atoms with Crippen LogP contribution in [-0.2, 0) is 26.9 Å². The second-order valence-corrected chi connectivity index (χ2v) is 6.89. The van der Waals surface area contributed by atoms with Crippen LogP contribution in [0.1, 0.15) is 29.8 Å². The summed E-state index contributed by atoms with van der Waals surface area (Å²) in [7, 11) is 5.78. The molecule has 0 aliphatic carbocycles. The summed E-state index contributed by atoms with van der Waals surface area (Å²) in [6.07, 6.45) is 10.5. The smallest absolute Gasteiger partial charge is 0.301 e. The fourth-order valence-corrected chi connectivity index (χ4v) is 4.09. The van der Waals surface area contributed by atoms with E-state index in [1.807, 2.05) is 41.8 Å². The van der Waals surface area contributed by atoms with Crippen molar-refractivity contribution >= 4 is 17.6 Å². The summed E-state index contributed by atoms with van der Waals surface area (Å²) in [6, 6.07) is 2.22. The van der Waals surface area contributed by atoms with E-state index in [2.05, 4.69) is 21.5 Å². The van der Waals surface area contributed by atoms with Gasteiger partial charge in [-0.25, -0.2) is 9.13 Å². The minimum absolute atomic E-state index is 0.943. The number of hydrogen-bond acceptors (Lipinski definition) is 4. The zero-order chi connectivity index (χ0) is 17.4. The summed E-state index contributed by atoms with van der Waals surface area (Å²) in [5.74, 6) is 1.97. The number of ether oxygens (including phenoxy) is 1. The summed E-state index contributed by atoms with van der Waals surface area (Å²) in [4.78, 5) is 2.53. The maximum Gasteiger partial charge on any atom is 0.301 e. The lowest BCUT2D eigenvalue weighted by atomic mass is 9.90. The fraction of sp³-hybridized carbons (Fsp3) is 0.474. The molecule has 25 heavy (non-hydrogen) atoms.